The second-order valence-corrected chi connectivity index (χ2v) is 5.74. The summed E-state index contributed by atoms with van der Waals surface area (Å²) in [6.07, 6.45) is -1.16. The van der Waals surface area contributed by atoms with Gasteiger partial charge in [-0.25, -0.2) is 4.98 Å². The van der Waals surface area contributed by atoms with Gasteiger partial charge in [-0.1, -0.05) is 6.07 Å². The van der Waals surface area contributed by atoms with Gasteiger partial charge in [-0.3, -0.25) is 4.79 Å². The molecule has 1 unspecified atom stereocenters. The molecular formula is C16H19F2N3O2. The number of fused-ring (bicyclic) bond motifs is 1. The standard InChI is InChI=1S/C16H19F2N3O2/c1-19-13-8-23-9-14-11(13)2-3-12(20-14)16(22)21-6-4-10(5-7-21)15(17)18/h2-3,13,19H,4-9H2,1H3. The molecule has 1 N–H and O–H groups in total. The molecule has 0 radical (unpaired) electrons. The lowest BCUT2D eigenvalue weighted by molar-refractivity contribution is 0.0721. The van der Waals surface area contributed by atoms with Gasteiger partial charge >= 0.3 is 0 Å². The van der Waals surface area contributed by atoms with Gasteiger partial charge in [0.15, 0.2) is 0 Å². The third kappa shape index (κ3) is 3.25. The lowest BCUT2D eigenvalue weighted by Gasteiger charge is -2.29. The molecule has 1 saturated heterocycles. The Morgan fingerprint density at radius 3 is 2.74 bits per heavy atom. The van der Waals surface area contributed by atoms with Crippen molar-refractivity contribution >= 4 is 5.91 Å². The molecule has 0 aromatic carbocycles. The predicted octanol–water partition coefficient (Wildman–Crippen LogP) is 2.26. The Balaban J connectivity index is 1.75. The number of hydrogen-bond acceptors (Lipinski definition) is 4. The number of rotatable bonds is 2. The third-order valence-electron chi connectivity index (χ3n) is 4.40. The van der Waals surface area contributed by atoms with Gasteiger partial charge in [0.05, 0.1) is 24.9 Å². The van der Waals surface area contributed by atoms with Crippen LogP contribution in [0.1, 0.15) is 40.6 Å². The average molecular weight is 323 g/mol. The molecule has 3 rings (SSSR count). The lowest BCUT2D eigenvalue weighted by atomic mass is 10.0. The second-order valence-electron chi connectivity index (χ2n) is 5.74. The van der Waals surface area contributed by atoms with Crippen molar-refractivity contribution in [1.29, 1.82) is 0 Å². The number of pyridine rings is 1. The van der Waals surface area contributed by atoms with Gasteiger partial charge in [-0.2, -0.15) is 8.78 Å². The summed E-state index contributed by atoms with van der Waals surface area (Å²) in [6.45, 7) is 1.57. The van der Waals surface area contributed by atoms with Crippen LogP contribution in [-0.2, 0) is 11.3 Å². The van der Waals surface area contributed by atoms with Crippen molar-refractivity contribution in [1.82, 2.24) is 15.2 Å². The molecule has 7 heteroatoms. The number of ether oxygens (including phenoxy) is 1. The Labute approximate surface area is 133 Å². The first kappa shape index (κ1) is 16.0. The van der Waals surface area contributed by atoms with Gasteiger partial charge in [0, 0.05) is 13.1 Å². The Morgan fingerprint density at radius 2 is 2.09 bits per heavy atom. The molecule has 1 amide bonds. The molecule has 2 aliphatic rings. The van der Waals surface area contributed by atoms with E-state index in [2.05, 4.69) is 10.3 Å². The number of hydrogen-bond donors (Lipinski definition) is 1. The summed E-state index contributed by atoms with van der Waals surface area (Å²) in [5.41, 5.74) is 2.29. The summed E-state index contributed by atoms with van der Waals surface area (Å²) in [4.78, 5) is 18.5. The summed E-state index contributed by atoms with van der Waals surface area (Å²) in [6, 6.07) is 3.68. The van der Waals surface area contributed by atoms with E-state index in [9.17, 15) is 13.6 Å². The molecule has 2 aliphatic heterocycles. The Hall–Kier alpha value is -1.86. The van der Waals surface area contributed by atoms with Crippen molar-refractivity contribution in [3.05, 3.63) is 40.7 Å². The first-order chi connectivity index (χ1) is 11.1. The lowest BCUT2D eigenvalue weighted by Crippen LogP contribution is -2.37. The van der Waals surface area contributed by atoms with Gasteiger partial charge < -0.3 is 15.0 Å². The number of carbonyl (C=O) groups is 1. The normalized spacial score (nSPS) is 21.1. The first-order valence-corrected chi connectivity index (χ1v) is 7.67. The summed E-state index contributed by atoms with van der Waals surface area (Å²) < 4.78 is 30.6. The maximum atomic E-state index is 12.6. The van der Waals surface area contributed by atoms with Crippen LogP contribution in [0.3, 0.4) is 0 Å². The van der Waals surface area contributed by atoms with Crippen molar-refractivity contribution in [3.63, 3.8) is 0 Å². The molecule has 1 atom stereocenters. The number of nitrogens with one attached hydrogen (secondary N) is 1. The number of halogens is 2. The van der Waals surface area contributed by atoms with Crippen LogP contribution < -0.4 is 5.32 Å². The molecule has 5 nitrogen and oxygen atoms in total. The van der Waals surface area contributed by atoms with E-state index in [1.807, 2.05) is 13.1 Å². The van der Waals surface area contributed by atoms with Crippen LogP contribution >= 0.6 is 0 Å². The summed E-state index contributed by atoms with van der Waals surface area (Å²) >= 11 is 0. The number of amides is 1. The second kappa shape index (κ2) is 6.72. The average Bonchev–Trinajstić information content (AvgIpc) is 2.60. The maximum Gasteiger partial charge on any atom is 0.272 e. The molecule has 3 heterocycles. The van der Waals surface area contributed by atoms with E-state index in [0.717, 1.165) is 11.3 Å². The third-order valence-corrected chi connectivity index (χ3v) is 4.40. The van der Waals surface area contributed by atoms with Gasteiger partial charge in [0.1, 0.15) is 5.69 Å². The van der Waals surface area contributed by atoms with Crippen LogP contribution in [0.2, 0.25) is 0 Å². The van der Waals surface area contributed by atoms with E-state index < -0.39 is 6.08 Å². The Bertz CT molecular complexity index is 634. The molecule has 0 aliphatic carbocycles. The number of carbonyl (C=O) groups excluding carboxylic acids is 1. The predicted molar refractivity (Wildman–Crippen MR) is 80.1 cm³/mol. The van der Waals surface area contributed by atoms with Crippen LogP contribution in [0, 0.1) is 0 Å². The van der Waals surface area contributed by atoms with Crippen molar-refractivity contribution < 1.29 is 18.3 Å². The summed E-state index contributed by atoms with van der Waals surface area (Å²) in [5.74, 6) is -0.210. The molecule has 0 saturated carbocycles. The van der Waals surface area contributed by atoms with E-state index >= 15 is 0 Å². The molecule has 0 bridgehead atoms. The molecule has 0 spiro atoms. The zero-order valence-electron chi connectivity index (χ0n) is 12.9. The zero-order valence-corrected chi connectivity index (χ0v) is 12.9. The first-order valence-electron chi connectivity index (χ1n) is 7.67. The number of nitrogens with zero attached hydrogens (tertiary/aromatic N) is 2. The fourth-order valence-electron chi connectivity index (χ4n) is 3.00. The fourth-order valence-corrected chi connectivity index (χ4v) is 3.00. The maximum absolute atomic E-state index is 12.6. The minimum atomic E-state index is -1.61. The highest BCUT2D eigenvalue weighted by Crippen LogP contribution is 2.25. The largest absolute Gasteiger partial charge is 0.373 e. The van der Waals surface area contributed by atoms with Crippen LogP contribution in [0.25, 0.3) is 0 Å². The SMILES string of the molecule is CNC1COCc2nc(C(=O)N3CCC(=C(F)F)CC3)ccc21. The summed E-state index contributed by atoms with van der Waals surface area (Å²) in [5, 5.41) is 3.15. The van der Waals surface area contributed by atoms with Crippen LogP contribution in [0.4, 0.5) is 8.78 Å². The van der Waals surface area contributed by atoms with Gasteiger partial charge in [0.25, 0.3) is 12.0 Å². The van der Waals surface area contributed by atoms with Crippen LogP contribution in [-0.4, -0.2) is 42.5 Å². The number of likely N-dealkylation sites (N-methyl/N-ethyl adjacent to an activating group) is 1. The van der Waals surface area contributed by atoms with Crippen molar-refractivity contribution in [2.45, 2.75) is 25.5 Å². The van der Waals surface area contributed by atoms with Crippen molar-refractivity contribution in [3.8, 4) is 0 Å². The molecule has 1 fully saturated rings. The van der Waals surface area contributed by atoms with E-state index in [1.54, 1.807) is 11.0 Å². The van der Waals surface area contributed by atoms with Gasteiger partial charge in [-0.15, -0.1) is 0 Å². The van der Waals surface area contributed by atoms with Crippen LogP contribution in [0.5, 0.6) is 0 Å². The van der Waals surface area contributed by atoms with Crippen molar-refractivity contribution in [2.24, 2.45) is 0 Å². The quantitative estimate of drug-likeness (QED) is 0.907. The molecular weight excluding hydrogens is 304 g/mol. The highest BCUT2D eigenvalue weighted by molar-refractivity contribution is 5.92. The monoisotopic (exact) mass is 323 g/mol. The van der Waals surface area contributed by atoms with Gasteiger partial charge in [-0.05, 0) is 37.1 Å². The smallest absolute Gasteiger partial charge is 0.272 e. The summed E-state index contributed by atoms with van der Waals surface area (Å²) in [7, 11) is 1.85. The van der Waals surface area contributed by atoms with Crippen molar-refractivity contribution in [2.75, 3.05) is 26.7 Å². The fraction of sp³-hybridized carbons (Fsp3) is 0.500. The number of piperidine rings is 1. The molecule has 23 heavy (non-hydrogen) atoms. The highest BCUT2D eigenvalue weighted by atomic mass is 19.3. The topological polar surface area (TPSA) is 54.5 Å². The Kier molecular flexibility index (Phi) is 4.68. The molecule has 1 aromatic rings. The van der Waals surface area contributed by atoms with E-state index in [0.29, 0.717) is 32.0 Å². The zero-order chi connectivity index (χ0) is 16.4. The molecule has 1 aromatic heterocycles. The number of aromatic nitrogens is 1. The van der Waals surface area contributed by atoms with Gasteiger partial charge in [0.2, 0.25) is 0 Å². The van der Waals surface area contributed by atoms with E-state index in [-0.39, 0.29) is 30.4 Å². The minimum Gasteiger partial charge on any atom is -0.373 e. The van der Waals surface area contributed by atoms with Crippen LogP contribution in [0.15, 0.2) is 23.8 Å². The van der Waals surface area contributed by atoms with E-state index in [4.69, 9.17) is 4.74 Å². The Morgan fingerprint density at radius 1 is 1.35 bits per heavy atom. The number of likely N-dealkylation sites (tertiary alicyclic amines) is 1. The minimum absolute atomic E-state index is 0.0746. The highest BCUT2D eigenvalue weighted by Gasteiger charge is 2.26. The molecule has 124 valence electrons. The van der Waals surface area contributed by atoms with E-state index in [1.165, 1.54) is 0 Å².